The topological polar surface area (TPSA) is 38.3 Å². The maximum absolute atomic E-state index is 11.6. The van der Waals surface area contributed by atoms with Gasteiger partial charge in [-0.05, 0) is 24.6 Å². The lowest BCUT2D eigenvalue weighted by atomic mass is 10.1. The van der Waals surface area contributed by atoms with Gasteiger partial charge < -0.3 is 9.74 Å². The van der Waals surface area contributed by atoms with Gasteiger partial charge in [-0.3, -0.25) is 4.79 Å². The molecule has 1 N–H and O–H groups in total. The second kappa shape index (κ2) is 5.98. The van der Waals surface area contributed by atoms with Crippen molar-refractivity contribution in [3.05, 3.63) is 12.2 Å². The number of hydrogen-bond acceptors (Lipinski definition) is 2. The molecule has 0 unspecified atom stereocenters. The van der Waals surface area contributed by atoms with E-state index in [2.05, 4.69) is 45.8 Å². The molecule has 5 heteroatoms. The monoisotopic (exact) mass is 303 g/mol. The molecular formula is C14H26ClNO2Si. The fourth-order valence-corrected chi connectivity index (χ4v) is 3.38. The Labute approximate surface area is 122 Å². The fourth-order valence-electron chi connectivity index (χ4n) is 1.91. The SMILES string of the molecule is C=C(CCl)C[C@H]1NC(=O)C[C@H]1O[Si](C)(C)C(C)(C)C. The minimum atomic E-state index is -1.86. The van der Waals surface area contributed by atoms with Crippen molar-refractivity contribution in [1.82, 2.24) is 5.32 Å². The van der Waals surface area contributed by atoms with Crippen LogP contribution in [0.25, 0.3) is 0 Å². The van der Waals surface area contributed by atoms with Gasteiger partial charge in [0.05, 0.1) is 18.6 Å². The first-order valence-corrected chi connectivity index (χ1v) is 10.2. The van der Waals surface area contributed by atoms with E-state index in [-0.39, 0.29) is 23.1 Å². The van der Waals surface area contributed by atoms with Crippen molar-refractivity contribution in [2.45, 2.75) is 63.9 Å². The molecule has 2 atom stereocenters. The molecule has 0 spiro atoms. The molecule has 110 valence electrons. The highest BCUT2D eigenvalue weighted by atomic mass is 35.5. The Hall–Kier alpha value is -0.323. The minimum Gasteiger partial charge on any atom is -0.411 e. The Kier molecular flexibility index (Phi) is 5.26. The van der Waals surface area contributed by atoms with E-state index in [1.807, 2.05) is 0 Å². The summed E-state index contributed by atoms with van der Waals surface area (Å²) in [5, 5.41) is 3.13. The maximum Gasteiger partial charge on any atom is 0.222 e. The maximum atomic E-state index is 11.6. The van der Waals surface area contributed by atoms with Crippen LogP contribution in [-0.2, 0) is 9.22 Å². The molecule has 1 amide bonds. The van der Waals surface area contributed by atoms with E-state index in [0.717, 1.165) is 5.57 Å². The summed E-state index contributed by atoms with van der Waals surface area (Å²) in [4.78, 5) is 11.6. The van der Waals surface area contributed by atoms with Gasteiger partial charge >= 0.3 is 0 Å². The van der Waals surface area contributed by atoms with Crippen molar-refractivity contribution in [2.24, 2.45) is 0 Å². The quantitative estimate of drug-likeness (QED) is 0.480. The van der Waals surface area contributed by atoms with Crippen LogP contribution in [-0.4, -0.2) is 32.3 Å². The number of rotatable bonds is 5. The van der Waals surface area contributed by atoms with E-state index in [9.17, 15) is 4.79 Å². The average molecular weight is 304 g/mol. The molecule has 0 aromatic heterocycles. The van der Waals surface area contributed by atoms with Crippen LogP contribution >= 0.6 is 11.6 Å². The molecule has 0 saturated carbocycles. The molecule has 1 fully saturated rings. The van der Waals surface area contributed by atoms with Crippen molar-refractivity contribution in [2.75, 3.05) is 5.88 Å². The summed E-state index contributed by atoms with van der Waals surface area (Å²) in [7, 11) is -1.86. The minimum absolute atomic E-state index is 0.0212. The number of carbonyl (C=O) groups is 1. The van der Waals surface area contributed by atoms with Gasteiger partial charge in [-0.1, -0.05) is 32.9 Å². The Bertz CT molecular complexity index is 363. The van der Waals surface area contributed by atoms with E-state index in [1.54, 1.807) is 0 Å². The Morgan fingerprint density at radius 2 is 2.11 bits per heavy atom. The van der Waals surface area contributed by atoms with Crippen LogP contribution in [0.2, 0.25) is 18.1 Å². The molecule has 19 heavy (non-hydrogen) atoms. The third-order valence-electron chi connectivity index (χ3n) is 4.13. The fraction of sp³-hybridized carbons (Fsp3) is 0.786. The van der Waals surface area contributed by atoms with Gasteiger partial charge in [-0.15, -0.1) is 11.6 Å². The molecule has 0 aromatic carbocycles. The zero-order chi connectivity index (χ0) is 14.8. The first-order chi connectivity index (χ1) is 8.56. The largest absolute Gasteiger partial charge is 0.411 e. The standard InChI is InChI=1S/C14H26ClNO2Si/c1-10(9-15)7-11-12(8-13(17)16-11)18-19(5,6)14(2,3)4/h11-12H,1,7-9H2,2-6H3,(H,16,17)/t11-,12-/m1/s1. The van der Waals surface area contributed by atoms with E-state index >= 15 is 0 Å². The molecule has 1 aliphatic heterocycles. The zero-order valence-electron chi connectivity index (χ0n) is 12.7. The van der Waals surface area contributed by atoms with E-state index in [4.69, 9.17) is 16.0 Å². The molecule has 1 rings (SSSR count). The molecular weight excluding hydrogens is 278 g/mol. The summed E-state index contributed by atoms with van der Waals surface area (Å²) in [6.45, 7) is 15.0. The van der Waals surface area contributed by atoms with Gasteiger partial charge in [-0.2, -0.15) is 0 Å². The number of alkyl halides is 1. The van der Waals surface area contributed by atoms with Crippen LogP contribution in [0.15, 0.2) is 12.2 Å². The summed E-state index contributed by atoms with van der Waals surface area (Å²) in [5.41, 5.74) is 0.942. The summed E-state index contributed by atoms with van der Waals surface area (Å²) in [5.74, 6) is 0.496. The van der Waals surface area contributed by atoms with Gasteiger partial charge in [0.25, 0.3) is 0 Å². The summed E-state index contributed by atoms with van der Waals surface area (Å²) in [6.07, 6.45) is 1.11. The van der Waals surface area contributed by atoms with Gasteiger partial charge in [0, 0.05) is 5.88 Å². The van der Waals surface area contributed by atoms with Crippen LogP contribution in [0, 0.1) is 0 Å². The highest BCUT2D eigenvalue weighted by molar-refractivity contribution is 6.74. The summed E-state index contributed by atoms with van der Waals surface area (Å²) < 4.78 is 6.36. The van der Waals surface area contributed by atoms with Crippen LogP contribution in [0.3, 0.4) is 0 Å². The zero-order valence-corrected chi connectivity index (χ0v) is 14.4. The second-order valence-electron chi connectivity index (χ2n) is 6.88. The predicted octanol–water partition coefficient (Wildman–Crippen LogP) is 3.45. The predicted molar refractivity (Wildman–Crippen MR) is 83.1 cm³/mol. The third kappa shape index (κ3) is 4.33. The van der Waals surface area contributed by atoms with E-state index < -0.39 is 8.32 Å². The molecule has 0 bridgehead atoms. The average Bonchev–Trinajstić information content (AvgIpc) is 2.56. The van der Waals surface area contributed by atoms with E-state index in [1.165, 1.54) is 0 Å². The Morgan fingerprint density at radius 3 is 2.58 bits per heavy atom. The molecule has 0 radical (unpaired) electrons. The number of halogens is 1. The number of carbonyl (C=O) groups excluding carboxylic acids is 1. The lowest BCUT2D eigenvalue weighted by molar-refractivity contribution is -0.119. The molecule has 0 aromatic rings. The molecule has 1 heterocycles. The van der Waals surface area contributed by atoms with Crippen molar-refractivity contribution >= 4 is 25.8 Å². The summed E-state index contributed by atoms with van der Waals surface area (Å²) >= 11 is 5.78. The number of amides is 1. The van der Waals surface area contributed by atoms with Crippen molar-refractivity contribution < 1.29 is 9.22 Å². The van der Waals surface area contributed by atoms with Crippen molar-refractivity contribution in [3.63, 3.8) is 0 Å². The van der Waals surface area contributed by atoms with Gasteiger partial charge in [0.15, 0.2) is 8.32 Å². The van der Waals surface area contributed by atoms with Crippen molar-refractivity contribution in [1.29, 1.82) is 0 Å². The third-order valence-corrected chi connectivity index (χ3v) is 9.01. The first-order valence-electron chi connectivity index (χ1n) is 6.76. The Morgan fingerprint density at radius 1 is 1.53 bits per heavy atom. The van der Waals surface area contributed by atoms with Crippen molar-refractivity contribution in [3.8, 4) is 0 Å². The van der Waals surface area contributed by atoms with Crippen LogP contribution < -0.4 is 5.32 Å². The second-order valence-corrected chi connectivity index (χ2v) is 11.9. The van der Waals surface area contributed by atoms with Gasteiger partial charge in [-0.25, -0.2) is 0 Å². The van der Waals surface area contributed by atoms with Gasteiger partial charge in [0.2, 0.25) is 5.91 Å². The van der Waals surface area contributed by atoms with Crippen LogP contribution in [0.1, 0.15) is 33.6 Å². The van der Waals surface area contributed by atoms with E-state index in [0.29, 0.717) is 18.7 Å². The number of hydrogen-bond donors (Lipinski definition) is 1. The van der Waals surface area contributed by atoms with Crippen LogP contribution in [0.5, 0.6) is 0 Å². The molecule has 3 nitrogen and oxygen atoms in total. The highest BCUT2D eigenvalue weighted by Crippen LogP contribution is 2.38. The highest BCUT2D eigenvalue weighted by Gasteiger charge is 2.43. The van der Waals surface area contributed by atoms with Gasteiger partial charge in [0.1, 0.15) is 0 Å². The molecule has 1 aliphatic rings. The molecule has 0 aliphatic carbocycles. The smallest absolute Gasteiger partial charge is 0.222 e. The van der Waals surface area contributed by atoms with Crippen LogP contribution in [0.4, 0.5) is 0 Å². The molecule has 1 saturated heterocycles. The summed E-state index contributed by atoms with van der Waals surface area (Å²) in [6, 6.07) is 0.0212. The lowest BCUT2D eigenvalue weighted by Crippen LogP contribution is -2.47. The normalized spacial score (nSPS) is 24.4. The first kappa shape index (κ1) is 16.7. The Balaban J connectivity index is 2.75. The lowest BCUT2D eigenvalue weighted by Gasteiger charge is -2.39. The number of nitrogens with one attached hydrogen (secondary N) is 1.